The van der Waals surface area contributed by atoms with E-state index in [4.69, 9.17) is 10.3 Å². The van der Waals surface area contributed by atoms with E-state index in [-0.39, 0.29) is 44.5 Å². The molecule has 13 heteroatoms. The van der Waals surface area contributed by atoms with Crippen LogP contribution in [0.15, 0.2) is 5.11 Å². The number of amides is 2. The first-order chi connectivity index (χ1) is 16.4. The van der Waals surface area contributed by atoms with E-state index in [2.05, 4.69) is 14.9 Å². The molecule has 0 saturated carbocycles. The molecule has 1 heterocycles. The van der Waals surface area contributed by atoms with Crippen LogP contribution in [-0.2, 0) is 33.5 Å². The SMILES string of the molecule is [N-]=[N+]=NCCCCC(NF)C(=O)CCCCCCCOC(=O)CCC(=O)ON1C(=O)CCC1=O. The number of hydrogen-bond donors (Lipinski definition) is 1. The number of hydroxylamine groups is 2. The lowest BCUT2D eigenvalue weighted by Gasteiger charge is -2.12. The summed E-state index contributed by atoms with van der Waals surface area (Å²) < 4.78 is 17.9. The number of esters is 1. The van der Waals surface area contributed by atoms with E-state index in [1.807, 2.05) is 0 Å². The van der Waals surface area contributed by atoms with Gasteiger partial charge in [-0.1, -0.05) is 30.8 Å². The van der Waals surface area contributed by atoms with Crippen LogP contribution in [0.25, 0.3) is 10.4 Å². The summed E-state index contributed by atoms with van der Waals surface area (Å²) in [7, 11) is 0. The van der Waals surface area contributed by atoms with E-state index in [0.29, 0.717) is 43.7 Å². The number of halogens is 1. The number of imide groups is 1. The molecule has 0 aromatic heterocycles. The third-order valence-electron chi connectivity index (χ3n) is 5.15. The number of unbranched alkanes of at least 4 members (excludes halogenated alkanes) is 5. The van der Waals surface area contributed by atoms with Gasteiger partial charge in [-0.05, 0) is 31.2 Å². The van der Waals surface area contributed by atoms with Crippen LogP contribution in [0.1, 0.15) is 83.5 Å². The summed E-state index contributed by atoms with van der Waals surface area (Å²) in [6.45, 7) is 0.522. The number of Topliss-reactive ketones (excluding diaryl/α,β-unsaturated/α-hetero) is 1. The van der Waals surface area contributed by atoms with E-state index in [9.17, 15) is 28.5 Å². The molecular formula is C21H32FN5O7. The Hall–Kier alpha value is -3.05. The third kappa shape index (κ3) is 12.3. The number of carbonyl (C=O) groups is 5. The fourth-order valence-corrected chi connectivity index (χ4v) is 3.23. The van der Waals surface area contributed by atoms with Crippen LogP contribution in [0.3, 0.4) is 0 Å². The van der Waals surface area contributed by atoms with Crippen LogP contribution in [0, 0.1) is 0 Å². The molecule has 1 atom stereocenters. The van der Waals surface area contributed by atoms with Crippen LogP contribution in [-0.4, -0.2) is 53.8 Å². The van der Waals surface area contributed by atoms with E-state index < -0.39 is 29.8 Å². The van der Waals surface area contributed by atoms with E-state index in [1.54, 1.807) is 5.54 Å². The van der Waals surface area contributed by atoms with Crippen LogP contribution < -0.4 is 5.54 Å². The van der Waals surface area contributed by atoms with Gasteiger partial charge in [0.2, 0.25) is 0 Å². The van der Waals surface area contributed by atoms with Crippen LogP contribution in [0.2, 0.25) is 0 Å². The lowest BCUT2D eigenvalue weighted by Crippen LogP contribution is -2.32. The van der Waals surface area contributed by atoms with Gasteiger partial charge in [-0.2, -0.15) is 0 Å². The van der Waals surface area contributed by atoms with Crippen LogP contribution >= 0.6 is 0 Å². The maximum absolute atomic E-state index is 12.8. The first-order valence-electron chi connectivity index (χ1n) is 11.5. The highest BCUT2D eigenvalue weighted by atomic mass is 19.2. The Labute approximate surface area is 197 Å². The lowest BCUT2D eigenvalue weighted by atomic mass is 10.0. The van der Waals surface area contributed by atoms with Gasteiger partial charge in [-0.15, -0.1) is 15.1 Å². The number of azide groups is 1. The molecule has 0 radical (unpaired) electrons. The Morgan fingerprint density at radius 2 is 1.62 bits per heavy atom. The minimum absolute atomic E-state index is 0.00106. The number of ether oxygens (including phenoxy) is 1. The number of hydrogen-bond acceptors (Lipinski definition) is 9. The van der Waals surface area contributed by atoms with E-state index in [1.165, 1.54) is 0 Å². The molecule has 1 fully saturated rings. The molecule has 34 heavy (non-hydrogen) atoms. The van der Waals surface area contributed by atoms with Gasteiger partial charge in [0.1, 0.15) is 0 Å². The molecule has 1 rings (SSSR count). The predicted molar refractivity (Wildman–Crippen MR) is 116 cm³/mol. The van der Waals surface area contributed by atoms with Gasteiger partial charge in [-0.25, -0.2) is 4.79 Å². The molecule has 1 aliphatic rings. The summed E-state index contributed by atoms with van der Waals surface area (Å²) in [5, 5.41) is 3.83. The molecule has 0 aromatic carbocycles. The summed E-state index contributed by atoms with van der Waals surface area (Å²) in [5.74, 6) is -2.78. The van der Waals surface area contributed by atoms with Crippen molar-refractivity contribution in [1.29, 1.82) is 0 Å². The van der Waals surface area contributed by atoms with Crippen molar-refractivity contribution in [3.63, 3.8) is 0 Å². The minimum Gasteiger partial charge on any atom is -0.466 e. The highest BCUT2D eigenvalue weighted by molar-refractivity contribution is 6.01. The lowest BCUT2D eigenvalue weighted by molar-refractivity contribution is -0.197. The van der Waals surface area contributed by atoms with E-state index >= 15 is 0 Å². The van der Waals surface area contributed by atoms with Crippen molar-refractivity contribution in [3.8, 4) is 0 Å². The van der Waals surface area contributed by atoms with Gasteiger partial charge in [0.25, 0.3) is 11.8 Å². The highest BCUT2D eigenvalue weighted by Gasteiger charge is 2.32. The zero-order chi connectivity index (χ0) is 25.2. The molecule has 1 saturated heterocycles. The second-order valence-electron chi connectivity index (χ2n) is 7.86. The van der Waals surface area contributed by atoms with Gasteiger partial charge in [0.05, 0.1) is 25.5 Å². The number of carbonyl (C=O) groups excluding carboxylic acids is 5. The maximum Gasteiger partial charge on any atom is 0.333 e. The zero-order valence-corrected chi connectivity index (χ0v) is 19.2. The fourth-order valence-electron chi connectivity index (χ4n) is 3.23. The highest BCUT2D eigenvalue weighted by Crippen LogP contribution is 2.13. The molecule has 0 bridgehead atoms. The second-order valence-corrected chi connectivity index (χ2v) is 7.86. The summed E-state index contributed by atoms with van der Waals surface area (Å²) in [4.78, 5) is 65.3. The van der Waals surface area contributed by atoms with Crippen molar-refractivity contribution in [1.82, 2.24) is 10.6 Å². The topological polar surface area (TPSA) is 168 Å². The minimum atomic E-state index is -0.853. The molecule has 1 N–H and O–H groups in total. The van der Waals surface area contributed by atoms with Gasteiger partial charge in [0.15, 0.2) is 5.78 Å². The van der Waals surface area contributed by atoms with Gasteiger partial charge in [-0.3, -0.25) is 19.2 Å². The van der Waals surface area contributed by atoms with Crippen LogP contribution in [0.4, 0.5) is 4.48 Å². The molecule has 0 aliphatic carbocycles. The van der Waals surface area contributed by atoms with Gasteiger partial charge in [0, 0.05) is 30.7 Å². The standard InChI is InChI=1S/C21H32FN5O7/c22-25-16(8-5-6-14-24-26-23)17(28)9-4-2-1-3-7-15-33-20(31)12-13-21(32)34-27-18(29)10-11-19(27)30/h16,25H,1-15H2. The average molecular weight is 486 g/mol. The molecule has 1 unspecified atom stereocenters. The monoisotopic (exact) mass is 485 g/mol. The van der Waals surface area contributed by atoms with Crippen molar-refractivity contribution in [2.24, 2.45) is 5.11 Å². The summed E-state index contributed by atoms with van der Waals surface area (Å²) in [6.07, 6.45) is 4.97. The Balaban J connectivity index is 2.01. The quantitative estimate of drug-likeness (QED) is 0.0553. The summed E-state index contributed by atoms with van der Waals surface area (Å²) >= 11 is 0. The van der Waals surface area contributed by atoms with Crippen molar-refractivity contribution >= 4 is 29.5 Å². The molecule has 12 nitrogen and oxygen atoms in total. The summed E-state index contributed by atoms with van der Waals surface area (Å²) in [6, 6.07) is -0.834. The number of nitrogens with one attached hydrogen (secondary N) is 1. The first-order valence-corrected chi connectivity index (χ1v) is 11.5. The van der Waals surface area contributed by atoms with Crippen molar-refractivity contribution in [2.75, 3.05) is 13.2 Å². The summed E-state index contributed by atoms with van der Waals surface area (Å²) in [5.41, 5.74) is 9.74. The molecule has 1 aliphatic heterocycles. The van der Waals surface area contributed by atoms with Gasteiger partial charge < -0.3 is 9.57 Å². The fraction of sp³-hybridized carbons (Fsp3) is 0.762. The number of ketones is 1. The third-order valence-corrected chi connectivity index (χ3v) is 5.15. The zero-order valence-electron chi connectivity index (χ0n) is 19.2. The Morgan fingerprint density at radius 3 is 2.29 bits per heavy atom. The Bertz CT molecular complexity index is 742. The van der Waals surface area contributed by atoms with E-state index in [0.717, 1.165) is 19.3 Å². The molecular weight excluding hydrogens is 453 g/mol. The van der Waals surface area contributed by atoms with Crippen molar-refractivity contribution in [2.45, 2.75) is 89.5 Å². The predicted octanol–water partition coefficient (Wildman–Crippen LogP) is 3.15. The number of nitrogens with zero attached hydrogens (tertiary/aromatic N) is 4. The van der Waals surface area contributed by atoms with Crippen molar-refractivity contribution in [3.05, 3.63) is 10.4 Å². The smallest absolute Gasteiger partial charge is 0.333 e. The molecule has 0 spiro atoms. The molecule has 0 aromatic rings. The second kappa shape index (κ2) is 17.4. The molecule has 2 amide bonds. The maximum atomic E-state index is 12.8. The average Bonchev–Trinajstić information content (AvgIpc) is 3.13. The Kier molecular flexibility index (Phi) is 14.9. The van der Waals surface area contributed by atoms with Crippen LogP contribution in [0.5, 0.6) is 0 Å². The van der Waals surface area contributed by atoms with Crippen molar-refractivity contribution < 1.29 is 38.0 Å². The largest absolute Gasteiger partial charge is 0.466 e. The normalized spacial score (nSPS) is 14.0. The molecule has 190 valence electrons. The van der Waals surface area contributed by atoms with Gasteiger partial charge >= 0.3 is 11.9 Å². The Morgan fingerprint density at radius 1 is 0.971 bits per heavy atom. The first kappa shape index (κ1) is 29.0. The number of rotatable bonds is 19.